The molecule has 2 aliphatic rings. The van der Waals surface area contributed by atoms with Gasteiger partial charge in [-0.1, -0.05) is 95.9 Å². The highest BCUT2D eigenvalue weighted by Gasteiger charge is 2.38. The minimum atomic E-state index is -0.692. The highest BCUT2D eigenvalue weighted by atomic mass is 16.5. The van der Waals surface area contributed by atoms with Gasteiger partial charge in [-0.2, -0.15) is 0 Å². The number of hydrogen-bond acceptors (Lipinski definition) is 4. The minimum absolute atomic E-state index is 0.00558. The van der Waals surface area contributed by atoms with E-state index >= 15 is 0 Å². The van der Waals surface area contributed by atoms with Gasteiger partial charge >= 0.3 is 0 Å². The number of nitrogens with two attached hydrogens (primary N) is 1. The van der Waals surface area contributed by atoms with E-state index in [1.165, 1.54) is 56.1 Å². The summed E-state index contributed by atoms with van der Waals surface area (Å²) in [6, 6.07) is 0. The molecule has 50 heavy (non-hydrogen) atoms. The Bertz CT molecular complexity index is 1150. The largest absolute Gasteiger partial charge is 0.372 e. The molecule has 5 nitrogen and oxygen atoms in total. The molecule has 1 aliphatic carbocycles. The van der Waals surface area contributed by atoms with E-state index in [1.54, 1.807) is 0 Å². The molecule has 8 unspecified atom stereocenters. The Hall–Kier alpha value is -1.98. The first-order valence-corrected chi connectivity index (χ1v) is 20.3. The van der Waals surface area contributed by atoms with Gasteiger partial charge in [-0.05, 0) is 146 Å². The van der Waals surface area contributed by atoms with E-state index in [0.29, 0.717) is 54.2 Å². The molecule has 0 aromatic rings. The SMILES string of the molecule is C=C(C=O)CCCCNC(=O)CC(N)(CC(C)CC(=C)C/C=C(\C)CC(C)CCC1OC(C)(C)C(C)CC1C)/C(C)=C/C1CCCC(CC)C1. The molecule has 286 valence electrons. The monoisotopic (exact) mass is 695 g/mol. The van der Waals surface area contributed by atoms with Gasteiger partial charge in [-0.25, -0.2) is 0 Å². The van der Waals surface area contributed by atoms with E-state index in [2.05, 4.69) is 92.9 Å². The van der Waals surface area contributed by atoms with Gasteiger partial charge in [0.2, 0.25) is 5.91 Å². The van der Waals surface area contributed by atoms with Crippen LogP contribution in [0.5, 0.6) is 0 Å². The number of rotatable bonds is 22. The van der Waals surface area contributed by atoms with Crippen molar-refractivity contribution < 1.29 is 14.3 Å². The molecule has 0 aromatic heterocycles. The highest BCUT2D eigenvalue weighted by Crippen LogP contribution is 2.39. The molecule has 0 radical (unpaired) electrons. The fraction of sp³-hybridized carbons (Fsp3) is 0.778. The lowest BCUT2D eigenvalue weighted by atomic mass is 9.74. The van der Waals surface area contributed by atoms with Crippen molar-refractivity contribution in [2.75, 3.05) is 6.54 Å². The summed E-state index contributed by atoms with van der Waals surface area (Å²) in [5, 5.41) is 3.11. The van der Waals surface area contributed by atoms with Crippen LogP contribution in [0.15, 0.2) is 47.6 Å². The molecule has 1 aliphatic heterocycles. The number of carbonyl (C=O) groups is 2. The predicted molar refractivity (Wildman–Crippen MR) is 214 cm³/mol. The maximum atomic E-state index is 13.2. The molecule has 2 rings (SSSR count). The summed E-state index contributed by atoms with van der Waals surface area (Å²) in [7, 11) is 0. The molecule has 3 N–H and O–H groups in total. The normalized spacial score (nSPS) is 26.8. The quantitative estimate of drug-likeness (QED) is 0.0511. The zero-order valence-corrected chi connectivity index (χ0v) is 34.0. The van der Waals surface area contributed by atoms with E-state index in [-0.39, 0.29) is 17.9 Å². The van der Waals surface area contributed by atoms with E-state index in [4.69, 9.17) is 10.5 Å². The van der Waals surface area contributed by atoms with Crippen LogP contribution in [0.25, 0.3) is 0 Å². The topological polar surface area (TPSA) is 81.4 Å². The third-order valence-corrected chi connectivity index (χ3v) is 12.3. The number of amides is 1. The third-order valence-electron chi connectivity index (χ3n) is 12.3. The smallest absolute Gasteiger partial charge is 0.222 e. The van der Waals surface area contributed by atoms with Gasteiger partial charge in [0.15, 0.2) is 0 Å². The van der Waals surface area contributed by atoms with Crippen molar-refractivity contribution in [3.05, 3.63) is 47.6 Å². The first-order valence-electron chi connectivity index (χ1n) is 20.3. The van der Waals surface area contributed by atoms with Crippen LogP contribution in [0.3, 0.4) is 0 Å². The Balaban J connectivity index is 1.95. The summed E-state index contributed by atoms with van der Waals surface area (Å²) in [5.74, 6) is 3.50. The van der Waals surface area contributed by atoms with Crippen LogP contribution in [-0.4, -0.2) is 36.0 Å². The molecule has 2 fully saturated rings. The second-order valence-corrected chi connectivity index (χ2v) is 17.7. The van der Waals surface area contributed by atoms with Crippen LogP contribution < -0.4 is 11.1 Å². The molecule has 0 bridgehead atoms. The number of aldehydes is 1. The standard InChI is InChI=1S/C45H78N2O3/c1-12-40-17-15-18-41(28-40)27-39(9)45(46,30-43(49)47-23-14-13-16-35(5)31-48)29-36(6)25-33(3)20-19-32(2)24-34(4)21-22-42-37(7)26-38(8)44(10,11)50-42/h19,27,31,34,36-38,40-42H,3,5,12-18,20-26,28-30,46H2,1-2,4,6-11H3,(H,47,49)/b32-19+,39-27+. The number of hydrogen-bond donors (Lipinski definition) is 2. The predicted octanol–water partition coefficient (Wildman–Crippen LogP) is 11.2. The number of nitrogens with one attached hydrogen (secondary N) is 1. The number of unbranched alkanes of at least 4 members (excludes halogenated alkanes) is 1. The van der Waals surface area contributed by atoms with Crippen LogP contribution in [0.4, 0.5) is 0 Å². The zero-order valence-electron chi connectivity index (χ0n) is 34.0. The fourth-order valence-corrected chi connectivity index (χ4v) is 8.59. The number of allylic oxidation sites excluding steroid dienone is 5. The summed E-state index contributed by atoms with van der Waals surface area (Å²) >= 11 is 0. The Morgan fingerprint density at radius 1 is 1.08 bits per heavy atom. The van der Waals surface area contributed by atoms with Gasteiger partial charge < -0.3 is 15.8 Å². The molecule has 1 saturated carbocycles. The van der Waals surface area contributed by atoms with Gasteiger partial charge in [0, 0.05) is 18.5 Å². The maximum Gasteiger partial charge on any atom is 0.222 e. The van der Waals surface area contributed by atoms with Gasteiger partial charge in [0.05, 0.1) is 11.7 Å². The number of ether oxygens (including phenoxy) is 1. The molecule has 8 atom stereocenters. The molecule has 1 heterocycles. The van der Waals surface area contributed by atoms with Crippen molar-refractivity contribution in [2.24, 2.45) is 41.2 Å². The Kier molecular flexibility index (Phi) is 19.0. The van der Waals surface area contributed by atoms with E-state index in [0.717, 1.165) is 62.7 Å². The molecule has 0 aromatic carbocycles. The minimum Gasteiger partial charge on any atom is -0.372 e. The average molecular weight is 695 g/mol. The molecule has 1 amide bonds. The van der Waals surface area contributed by atoms with Crippen LogP contribution in [0, 0.1) is 35.5 Å². The highest BCUT2D eigenvalue weighted by molar-refractivity contribution is 5.78. The van der Waals surface area contributed by atoms with Crippen molar-refractivity contribution in [2.45, 2.75) is 182 Å². The van der Waals surface area contributed by atoms with Gasteiger partial charge in [-0.3, -0.25) is 9.59 Å². The van der Waals surface area contributed by atoms with Crippen molar-refractivity contribution in [1.29, 1.82) is 0 Å². The van der Waals surface area contributed by atoms with E-state index < -0.39 is 5.54 Å². The lowest BCUT2D eigenvalue weighted by Gasteiger charge is -2.45. The Morgan fingerprint density at radius 3 is 2.48 bits per heavy atom. The summed E-state index contributed by atoms with van der Waals surface area (Å²) in [6.45, 7) is 29.4. The molecule has 0 spiro atoms. The summed E-state index contributed by atoms with van der Waals surface area (Å²) in [5.41, 5.74) is 11.0. The van der Waals surface area contributed by atoms with Crippen molar-refractivity contribution in [1.82, 2.24) is 5.32 Å². The van der Waals surface area contributed by atoms with Gasteiger partial charge in [0.25, 0.3) is 0 Å². The molecule has 1 saturated heterocycles. The molecular weight excluding hydrogens is 617 g/mol. The fourth-order valence-electron chi connectivity index (χ4n) is 8.59. The van der Waals surface area contributed by atoms with Crippen molar-refractivity contribution in [3.63, 3.8) is 0 Å². The van der Waals surface area contributed by atoms with Crippen LogP contribution in [0.1, 0.15) is 165 Å². The first kappa shape index (κ1) is 44.2. The number of carbonyl (C=O) groups excluding carboxylic acids is 2. The molecule has 5 heteroatoms. The van der Waals surface area contributed by atoms with Crippen molar-refractivity contribution >= 4 is 12.2 Å². The average Bonchev–Trinajstić information content (AvgIpc) is 3.04. The van der Waals surface area contributed by atoms with Crippen molar-refractivity contribution in [3.8, 4) is 0 Å². The van der Waals surface area contributed by atoms with E-state index in [9.17, 15) is 9.59 Å². The lowest BCUT2D eigenvalue weighted by Crippen LogP contribution is -2.47. The zero-order chi connectivity index (χ0) is 37.5. The maximum absolute atomic E-state index is 13.2. The Morgan fingerprint density at radius 2 is 1.80 bits per heavy atom. The first-order chi connectivity index (χ1) is 23.5. The van der Waals surface area contributed by atoms with Crippen LogP contribution in [-0.2, 0) is 14.3 Å². The Labute approximate surface area is 308 Å². The van der Waals surface area contributed by atoms with Crippen LogP contribution in [0.2, 0.25) is 0 Å². The van der Waals surface area contributed by atoms with E-state index in [1.807, 2.05) is 0 Å². The summed E-state index contributed by atoms with van der Waals surface area (Å²) in [4.78, 5) is 24.1. The lowest BCUT2D eigenvalue weighted by molar-refractivity contribution is -0.163. The van der Waals surface area contributed by atoms with Gasteiger partial charge in [-0.15, -0.1) is 0 Å². The second-order valence-electron chi connectivity index (χ2n) is 17.7. The summed E-state index contributed by atoms with van der Waals surface area (Å²) in [6.07, 6.45) is 22.1. The summed E-state index contributed by atoms with van der Waals surface area (Å²) < 4.78 is 6.55. The van der Waals surface area contributed by atoms with Gasteiger partial charge in [0.1, 0.15) is 6.29 Å². The third kappa shape index (κ3) is 15.7. The second kappa shape index (κ2) is 21.5. The molecular formula is C45H78N2O3. The van der Waals surface area contributed by atoms with Crippen LogP contribution >= 0.6 is 0 Å².